The molecule has 1 aliphatic heterocycles. The Morgan fingerprint density at radius 1 is 1.55 bits per heavy atom. The van der Waals surface area contributed by atoms with Gasteiger partial charge in [0.2, 0.25) is 0 Å². The fourth-order valence-electron chi connectivity index (χ4n) is 2.13. The number of rotatable bonds is 5. The highest BCUT2D eigenvalue weighted by atomic mass is 16.5. The van der Waals surface area contributed by atoms with Crippen LogP contribution in [0.4, 0.5) is 0 Å². The second kappa shape index (κ2) is 7.14. The van der Waals surface area contributed by atoms with Crippen molar-refractivity contribution in [1.82, 2.24) is 5.32 Å². The minimum absolute atomic E-state index is 0.431. The normalized spacial score (nSPS) is 19.1. The van der Waals surface area contributed by atoms with Gasteiger partial charge >= 0.3 is 0 Å². The number of aryl methyl sites for hydroxylation is 1. The van der Waals surface area contributed by atoms with E-state index >= 15 is 0 Å². The van der Waals surface area contributed by atoms with Crippen LogP contribution in [0.2, 0.25) is 0 Å². The molecule has 20 heavy (non-hydrogen) atoms. The van der Waals surface area contributed by atoms with E-state index in [2.05, 4.69) is 35.4 Å². The fraction of sp³-hybridized carbons (Fsp3) is 0.533. The first-order valence-electron chi connectivity index (χ1n) is 6.95. The lowest BCUT2D eigenvalue weighted by Gasteiger charge is -2.15. The van der Waals surface area contributed by atoms with E-state index in [1.165, 1.54) is 5.56 Å². The van der Waals surface area contributed by atoms with Crippen molar-refractivity contribution in [3.05, 3.63) is 29.3 Å². The van der Waals surface area contributed by atoms with Crippen LogP contribution in [0.3, 0.4) is 0 Å². The van der Waals surface area contributed by atoms with E-state index in [9.17, 15) is 0 Å². The lowest BCUT2D eigenvalue weighted by molar-refractivity contribution is 0.166. The zero-order chi connectivity index (χ0) is 14.4. The zero-order valence-corrected chi connectivity index (χ0v) is 12.2. The van der Waals surface area contributed by atoms with Crippen molar-refractivity contribution in [2.24, 2.45) is 16.6 Å². The first kappa shape index (κ1) is 14.7. The van der Waals surface area contributed by atoms with Gasteiger partial charge in [0.25, 0.3) is 0 Å². The molecule has 1 heterocycles. The smallest absolute Gasteiger partial charge is 0.188 e. The molecule has 2 rings (SSSR count). The molecule has 1 unspecified atom stereocenters. The lowest BCUT2D eigenvalue weighted by atomic mass is 10.1. The van der Waals surface area contributed by atoms with Crippen molar-refractivity contribution in [3.8, 4) is 5.75 Å². The fourth-order valence-corrected chi connectivity index (χ4v) is 2.13. The molecule has 1 fully saturated rings. The van der Waals surface area contributed by atoms with E-state index in [1.54, 1.807) is 7.05 Å². The highest BCUT2D eigenvalue weighted by molar-refractivity contribution is 5.77. The van der Waals surface area contributed by atoms with Crippen LogP contribution in [0.1, 0.15) is 17.5 Å². The molecule has 0 spiro atoms. The molecule has 1 atom stereocenters. The predicted octanol–water partition coefficient (Wildman–Crippen LogP) is 1.44. The summed E-state index contributed by atoms with van der Waals surface area (Å²) in [4.78, 5) is 3.89. The molecule has 1 aromatic carbocycles. The zero-order valence-electron chi connectivity index (χ0n) is 12.2. The van der Waals surface area contributed by atoms with Crippen molar-refractivity contribution in [1.29, 1.82) is 0 Å². The maximum atomic E-state index is 5.97. The lowest BCUT2D eigenvalue weighted by Crippen LogP contribution is -2.31. The number of nitrogens with one attached hydrogen (secondary N) is 1. The standard InChI is InChI=1S/C15H23N3O2/c1-11-3-4-13(8-18-15(16)17-2)14(7-11)20-10-12-5-6-19-9-12/h3-4,7,12H,5-6,8-10H2,1-2H3,(H3,16,17,18). The largest absolute Gasteiger partial charge is 0.493 e. The molecule has 1 aliphatic rings. The third-order valence-electron chi connectivity index (χ3n) is 3.42. The summed E-state index contributed by atoms with van der Waals surface area (Å²) in [6, 6.07) is 6.19. The van der Waals surface area contributed by atoms with E-state index in [1.807, 2.05) is 0 Å². The second-order valence-electron chi connectivity index (χ2n) is 5.11. The minimum atomic E-state index is 0.431. The van der Waals surface area contributed by atoms with Crippen molar-refractivity contribution >= 4 is 5.96 Å². The van der Waals surface area contributed by atoms with Crippen molar-refractivity contribution in [3.63, 3.8) is 0 Å². The molecule has 0 radical (unpaired) electrons. The van der Waals surface area contributed by atoms with Crippen molar-refractivity contribution in [2.75, 3.05) is 26.9 Å². The predicted molar refractivity (Wildman–Crippen MR) is 80.0 cm³/mol. The molecular formula is C15H23N3O2. The van der Waals surface area contributed by atoms with Gasteiger partial charge in [0.15, 0.2) is 5.96 Å². The molecule has 0 amide bonds. The van der Waals surface area contributed by atoms with Crippen LogP contribution in [0, 0.1) is 12.8 Å². The van der Waals surface area contributed by atoms with E-state index in [-0.39, 0.29) is 0 Å². The Balaban J connectivity index is 1.99. The Bertz CT molecular complexity index is 468. The minimum Gasteiger partial charge on any atom is -0.493 e. The molecule has 3 N–H and O–H groups in total. The van der Waals surface area contributed by atoms with E-state index < -0.39 is 0 Å². The number of aliphatic imine (C=N–C) groups is 1. The van der Waals surface area contributed by atoms with Gasteiger partial charge in [-0.05, 0) is 25.0 Å². The van der Waals surface area contributed by atoms with Gasteiger partial charge in [0.05, 0.1) is 13.2 Å². The van der Waals surface area contributed by atoms with Gasteiger partial charge in [-0.15, -0.1) is 0 Å². The van der Waals surface area contributed by atoms with E-state index in [0.29, 0.717) is 25.0 Å². The molecule has 0 aromatic heterocycles. The van der Waals surface area contributed by atoms with Gasteiger partial charge in [-0.3, -0.25) is 4.99 Å². The highest BCUT2D eigenvalue weighted by Gasteiger charge is 2.17. The Morgan fingerprint density at radius 3 is 3.10 bits per heavy atom. The van der Waals surface area contributed by atoms with Crippen LogP contribution in [-0.2, 0) is 11.3 Å². The Labute approximate surface area is 120 Å². The van der Waals surface area contributed by atoms with Crippen LogP contribution in [0.15, 0.2) is 23.2 Å². The molecule has 0 bridgehead atoms. The number of hydrogen-bond donors (Lipinski definition) is 2. The number of ether oxygens (including phenoxy) is 2. The monoisotopic (exact) mass is 277 g/mol. The average molecular weight is 277 g/mol. The summed E-state index contributed by atoms with van der Waals surface area (Å²) in [6.45, 7) is 5.02. The molecule has 5 heteroatoms. The molecule has 0 saturated carbocycles. The van der Waals surface area contributed by atoms with Gasteiger partial charge in [-0.2, -0.15) is 0 Å². The van der Waals surface area contributed by atoms with Gasteiger partial charge < -0.3 is 20.5 Å². The van der Waals surface area contributed by atoms with Crippen LogP contribution in [0.5, 0.6) is 5.75 Å². The van der Waals surface area contributed by atoms with E-state index in [4.69, 9.17) is 15.2 Å². The summed E-state index contributed by atoms with van der Waals surface area (Å²) in [5.74, 6) is 1.84. The van der Waals surface area contributed by atoms with Gasteiger partial charge in [0, 0.05) is 31.7 Å². The quantitative estimate of drug-likeness (QED) is 0.631. The van der Waals surface area contributed by atoms with Crippen LogP contribution in [-0.4, -0.2) is 32.8 Å². The molecule has 110 valence electrons. The summed E-state index contributed by atoms with van der Waals surface area (Å²) in [6.07, 6.45) is 1.08. The molecular weight excluding hydrogens is 254 g/mol. The molecule has 1 saturated heterocycles. The van der Waals surface area contributed by atoms with Crippen LogP contribution in [0.25, 0.3) is 0 Å². The summed E-state index contributed by atoms with van der Waals surface area (Å²) in [7, 11) is 1.66. The number of guanidine groups is 1. The Kier molecular flexibility index (Phi) is 5.24. The SMILES string of the molecule is CN=C(N)NCc1ccc(C)cc1OCC1CCOC1. The maximum Gasteiger partial charge on any atom is 0.188 e. The third-order valence-corrected chi connectivity index (χ3v) is 3.42. The number of nitrogens with two attached hydrogens (primary N) is 1. The average Bonchev–Trinajstić information content (AvgIpc) is 2.97. The summed E-state index contributed by atoms with van der Waals surface area (Å²) >= 11 is 0. The summed E-state index contributed by atoms with van der Waals surface area (Å²) in [5.41, 5.74) is 7.92. The van der Waals surface area contributed by atoms with Crippen LogP contribution >= 0.6 is 0 Å². The summed E-state index contributed by atoms with van der Waals surface area (Å²) in [5, 5.41) is 3.06. The molecule has 1 aromatic rings. The third kappa shape index (κ3) is 4.13. The highest BCUT2D eigenvalue weighted by Crippen LogP contribution is 2.22. The first-order valence-corrected chi connectivity index (χ1v) is 6.95. The van der Waals surface area contributed by atoms with Gasteiger partial charge in [0.1, 0.15) is 5.75 Å². The Hall–Kier alpha value is -1.75. The van der Waals surface area contributed by atoms with Crippen molar-refractivity contribution in [2.45, 2.75) is 19.9 Å². The molecule has 5 nitrogen and oxygen atoms in total. The molecule has 0 aliphatic carbocycles. The van der Waals surface area contributed by atoms with E-state index in [0.717, 1.165) is 30.9 Å². The topological polar surface area (TPSA) is 68.9 Å². The van der Waals surface area contributed by atoms with Gasteiger partial charge in [-0.25, -0.2) is 0 Å². The number of benzene rings is 1. The first-order chi connectivity index (χ1) is 9.69. The maximum absolute atomic E-state index is 5.97. The van der Waals surface area contributed by atoms with Crippen LogP contribution < -0.4 is 15.8 Å². The second-order valence-corrected chi connectivity index (χ2v) is 5.11. The van der Waals surface area contributed by atoms with Crippen molar-refractivity contribution < 1.29 is 9.47 Å². The Morgan fingerprint density at radius 2 is 2.40 bits per heavy atom. The summed E-state index contributed by atoms with van der Waals surface area (Å²) < 4.78 is 11.3. The van der Waals surface area contributed by atoms with Gasteiger partial charge in [-0.1, -0.05) is 12.1 Å². The number of nitrogens with zero attached hydrogens (tertiary/aromatic N) is 1. The number of hydrogen-bond acceptors (Lipinski definition) is 3.